The summed E-state index contributed by atoms with van der Waals surface area (Å²) in [5.74, 6) is -1.77. The lowest BCUT2D eigenvalue weighted by molar-refractivity contribution is -0.125. The van der Waals surface area contributed by atoms with Crippen molar-refractivity contribution in [2.75, 3.05) is 13.1 Å². The molecule has 1 aromatic rings. The monoisotopic (exact) mass is 253 g/mol. The van der Waals surface area contributed by atoms with Crippen LogP contribution < -0.4 is 0 Å². The molecule has 0 aliphatic carbocycles. The Kier molecular flexibility index (Phi) is 3.72. The quantitative estimate of drug-likeness (QED) is 0.813. The highest BCUT2D eigenvalue weighted by Gasteiger charge is 2.22. The van der Waals surface area contributed by atoms with Crippen LogP contribution in [0.2, 0.25) is 0 Å². The van der Waals surface area contributed by atoms with Gasteiger partial charge in [0.05, 0.1) is 6.10 Å². The van der Waals surface area contributed by atoms with Crippen molar-refractivity contribution in [3.8, 4) is 0 Å². The molecule has 1 aliphatic heterocycles. The Morgan fingerprint density at radius 2 is 2.06 bits per heavy atom. The summed E-state index contributed by atoms with van der Waals surface area (Å²) in [5.41, 5.74) is -0.231. The zero-order chi connectivity index (χ0) is 13.1. The molecule has 0 aromatic heterocycles. The number of rotatable bonds is 2. The zero-order valence-electron chi connectivity index (χ0n) is 9.64. The lowest BCUT2D eigenvalue weighted by atomic mass is 10.2. The Hall–Kier alpha value is -1.75. The van der Waals surface area contributed by atoms with Crippen molar-refractivity contribution in [2.45, 2.75) is 12.5 Å². The van der Waals surface area contributed by atoms with E-state index in [0.29, 0.717) is 13.0 Å². The number of benzene rings is 1. The second-order valence-electron chi connectivity index (χ2n) is 4.20. The Balaban J connectivity index is 2.09. The van der Waals surface area contributed by atoms with Crippen LogP contribution in [0.15, 0.2) is 24.3 Å². The largest absolute Gasteiger partial charge is 0.391 e. The molecule has 0 unspecified atom stereocenters. The number of hydrogen-bond donors (Lipinski definition) is 1. The highest BCUT2D eigenvalue weighted by atomic mass is 19.1. The van der Waals surface area contributed by atoms with Crippen LogP contribution in [0.25, 0.3) is 6.08 Å². The minimum Gasteiger partial charge on any atom is -0.391 e. The summed E-state index contributed by atoms with van der Waals surface area (Å²) in [6.45, 7) is 0.729. The van der Waals surface area contributed by atoms with E-state index in [4.69, 9.17) is 0 Å². The normalized spacial score (nSPS) is 19.7. The molecule has 18 heavy (non-hydrogen) atoms. The molecule has 0 radical (unpaired) electrons. The molecule has 1 amide bonds. The van der Waals surface area contributed by atoms with E-state index in [1.54, 1.807) is 0 Å². The number of halogens is 2. The van der Waals surface area contributed by atoms with Gasteiger partial charge in [0, 0.05) is 24.7 Å². The fraction of sp³-hybridized carbons (Fsp3) is 0.308. The Morgan fingerprint density at radius 3 is 2.61 bits per heavy atom. The minimum absolute atomic E-state index is 0.231. The first-order chi connectivity index (χ1) is 8.58. The van der Waals surface area contributed by atoms with E-state index < -0.39 is 17.7 Å². The molecule has 1 N–H and O–H groups in total. The van der Waals surface area contributed by atoms with E-state index in [-0.39, 0.29) is 18.0 Å². The van der Waals surface area contributed by atoms with Crippen LogP contribution in [0, 0.1) is 11.6 Å². The van der Waals surface area contributed by atoms with E-state index in [1.165, 1.54) is 11.0 Å². The maximum atomic E-state index is 13.3. The van der Waals surface area contributed by atoms with Gasteiger partial charge in [-0.2, -0.15) is 0 Å². The van der Waals surface area contributed by atoms with Crippen LogP contribution >= 0.6 is 0 Å². The van der Waals surface area contributed by atoms with Crippen molar-refractivity contribution in [3.05, 3.63) is 41.5 Å². The van der Waals surface area contributed by atoms with Crippen molar-refractivity contribution in [1.82, 2.24) is 4.90 Å². The Labute approximate surface area is 103 Å². The van der Waals surface area contributed by atoms with Gasteiger partial charge in [-0.25, -0.2) is 8.78 Å². The van der Waals surface area contributed by atoms with Gasteiger partial charge in [0.1, 0.15) is 11.6 Å². The fourth-order valence-electron chi connectivity index (χ4n) is 1.87. The smallest absolute Gasteiger partial charge is 0.246 e. The first kappa shape index (κ1) is 12.7. The van der Waals surface area contributed by atoms with Crippen molar-refractivity contribution < 1.29 is 18.7 Å². The number of aliphatic hydroxyl groups excluding tert-OH is 1. The molecule has 2 rings (SSSR count). The van der Waals surface area contributed by atoms with Crippen LogP contribution in [0.5, 0.6) is 0 Å². The van der Waals surface area contributed by atoms with Gasteiger partial charge in [-0.1, -0.05) is 6.07 Å². The summed E-state index contributed by atoms with van der Waals surface area (Å²) in [6, 6.07) is 3.53. The average molecular weight is 253 g/mol. The molecule has 1 fully saturated rings. The third-order valence-corrected chi connectivity index (χ3v) is 2.87. The minimum atomic E-state index is -0.708. The van der Waals surface area contributed by atoms with E-state index >= 15 is 0 Å². The highest BCUT2D eigenvalue weighted by molar-refractivity contribution is 5.92. The average Bonchev–Trinajstić information content (AvgIpc) is 2.75. The Morgan fingerprint density at radius 1 is 1.39 bits per heavy atom. The van der Waals surface area contributed by atoms with E-state index in [0.717, 1.165) is 24.3 Å². The molecule has 1 atom stereocenters. The lowest BCUT2D eigenvalue weighted by Gasteiger charge is -2.12. The number of carbonyl (C=O) groups excluding carboxylic acids is 1. The van der Waals surface area contributed by atoms with Crippen molar-refractivity contribution in [1.29, 1.82) is 0 Å². The topological polar surface area (TPSA) is 40.5 Å². The van der Waals surface area contributed by atoms with Gasteiger partial charge in [0.25, 0.3) is 0 Å². The van der Waals surface area contributed by atoms with Crippen LogP contribution in [0.3, 0.4) is 0 Å². The number of β-amino-alcohol motifs (C(OH)–C–C–N with tert-alkyl or cyclic N) is 1. The highest BCUT2D eigenvalue weighted by Crippen LogP contribution is 2.15. The summed E-state index contributed by atoms with van der Waals surface area (Å²) in [6.07, 6.45) is 2.28. The van der Waals surface area contributed by atoms with Crippen molar-refractivity contribution in [2.24, 2.45) is 0 Å². The third kappa shape index (κ3) is 2.73. The molecular formula is C13H13F2NO2. The van der Waals surface area contributed by atoms with Crippen LogP contribution in [-0.2, 0) is 4.79 Å². The first-order valence-corrected chi connectivity index (χ1v) is 5.67. The predicted molar refractivity (Wildman–Crippen MR) is 62.6 cm³/mol. The molecule has 3 nitrogen and oxygen atoms in total. The van der Waals surface area contributed by atoms with Crippen molar-refractivity contribution in [3.63, 3.8) is 0 Å². The molecule has 1 saturated heterocycles. The number of likely N-dealkylation sites (tertiary alicyclic amines) is 1. The molecule has 1 aromatic carbocycles. The van der Waals surface area contributed by atoms with Gasteiger partial charge in [-0.15, -0.1) is 0 Å². The molecule has 0 spiro atoms. The fourth-order valence-corrected chi connectivity index (χ4v) is 1.87. The number of amides is 1. The van der Waals surface area contributed by atoms with Gasteiger partial charge in [0.2, 0.25) is 5.91 Å². The van der Waals surface area contributed by atoms with Gasteiger partial charge >= 0.3 is 0 Å². The van der Waals surface area contributed by atoms with Gasteiger partial charge in [-0.05, 0) is 24.6 Å². The zero-order valence-corrected chi connectivity index (χ0v) is 9.64. The number of hydrogen-bond acceptors (Lipinski definition) is 2. The van der Waals surface area contributed by atoms with E-state index in [1.807, 2.05) is 0 Å². The van der Waals surface area contributed by atoms with Gasteiger partial charge < -0.3 is 10.0 Å². The van der Waals surface area contributed by atoms with Crippen molar-refractivity contribution >= 4 is 12.0 Å². The molecular weight excluding hydrogens is 240 g/mol. The second-order valence-corrected chi connectivity index (χ2v) is 4.20. The second kappa shape index (κ2) is 5.27. The summed E-state index contributed by atoms with van der Waals surface area (Å²) in [7, 11) is 0. The molecule has 1 heterocycles. The number of nitrogens with zero attached hydrogens (tertiary/aromatic N) is 1. The molecule has 1 aliphatic rings. The summed E-state index contributed by atoms with van der Waals surface area (Å²) in [5, 5.41) is 9.28. The first-order valence-electron chi connectivity index (χ1n) is 5.67. The summed E-state index contributed by atoms with van der Waals surface area (Å²) >= 11 is 0. The Bertz CT molecular complexity index is 468. The van der Waals surface area contributed by atoms with E-state index in [2.05, 4.69) is 0 Å². The van der Waals surface area contributed by atoms with E-state index in [9.17, 15) is 18.7 Å². The molecule has 0 bridgehead atoms. The molecule has 0 saturated carbocycles. The number of carbonyl (C=O) groups is 1. The third-order valence-electron chi connectivity index (χ3n) is 2.87. The van der Waals surface area contributed by atoms with Gasteiger partial charge in [-0.3, -0.25) is 4.79 Å². The van der Waals surface area contributed by atoms with Crippen LogP contribution in [-0.4, -0.2) is 35.1 Å². The standard InChI is InChI=1S/C13H13F2NO2/c14-11-2-1-3-12(15)10(11)4-5-13(18)16-7-6-9(17)8-16/h1-5,9,17H,6-8H2/t9-/m0/s1. The maximum absolute atomic E-state index is 13.3. The molecule has 96 valence electrons. The summed E-state index contributed by atoms with van der Waals surface area (Å²) < 4.78 is 26.6. The van der Waals surface area contributed by atoms with Crippen LogP contribution in [0.1, 0.15) is 12.0 Å². The molecule has 5 heteroatoms. The predicted octanol–water partition coefficient (Wildman–Crippen LogP) is 1.57. The maximum Gasteiger partial charge on any atom is 0.246 e. The lowest BCUT2D eigenvalue weighted by Crippen LogP contribution is -2.27. The van der Waals surface area contributed by atoms with Gasteiger partial charge in [0.15, 0.2) is 0 Å². The number of aliphatic hydroxyl groups is 1. The SMILES string of the molecule is O=C(C=Cc1c(F)cccc1F)N1CC[C@H](O)C1. The van der Waals surface area contributed by atoms with Crippen LogP contribution in [0.4, 0.5) is 8.78 Å². The summed E-state index contributed by atoms with van der Waals surface area (Å²) in [4.78, 5) is 13.1.